The number of carbonyl (C=O) groups excluding carboxylic acids is 1. The fraction of sp³-hybridized carbons (Fsp3) is 0.647. The zero-order valence-corrected chi connectivity index (χ0v) is 15.3. The number of hydrogen-bond acceptors (Lipinski definition) is 4. The van der Waals surface area contributed by atoms with Crippen LogP contribution in [-0.4, -0.2) is 55.3 Å². The first-order valence-corrected chi connectivity index (χ1v) is 8.90. The molecule has 1 aliphatic heterocycles. The summed E-state index contributed by atoms with van der Waals surface area (Å²) in [5.74, 6) is 0.562. The summed E-state index contributed by atoms with van der Waals surface area (Å²) in [6, 6.07) is 0.0402. The van der Waals surface area contributed by atoms with Crippen molar-refractivity contribution in [2.45, 2.75) is 39.7 Å². The predicted molar refractivity (Wildman–Crippen MR) is 94.1 cm³/mol. The second-order valence-corrected chi connectivity index (χ2v) is 6.81. The van der Waals surface area contributed by atoms with E-state index in [9.17, 15) is 4.79 Å². The van der Waals surface area contributed by atoms with Crippen LogP contribution in [0.15, 0.2) is 12.4 Å². The number of likely N-dealkylation sites (tertiary alicyclic amines) is 1. The number of carbonyl (C=O) groups is 1. The molecule has 2 aromatic rings. The molecule has 0 spiro atoms. The maximum absolute atomic E-state index is 12.4. The van der Waals surface area contributed by atoms with Gasteiger partial charge in [0.05, 0.1) is 11.9 Å². The first-order valence-electron chi connectivity index (χ1n) is 8.90. The van der Waals surface area contributed by atoms with Crippen molar-refractivity contribution >= 4 is 6.03 Å². The Morgan fingerprint density at radius 1 is 1.32 bits per heavy atom. The molecule has 136 valence electrons. The van der Waals surface area contributed by atoms with Crippen molar-refractivity contribution in [2.24, 2.45) is 13.0 Å². The topological polar surface area (TPSA) is 80.9 Å². The van der Waals surface area contributed by atoms with E-state index in [1.165, 1.54) is 11.3 Å². The van der Waals surface area contributed by atoms with E-state index in [0.29, 0.717) is 12.5 Å². The molecule has 1 saturated heterocycles. The van der Waals surface area contributed by atoms with Crippen LogP contribution in [0.3, 0.4) is 0 Å². The maximum atomic E-state index is 12.4. The van der Waals surface area contributed by atoms with Crippen molar-refractivity contribution < 1.29 is 4.79 Å². The summed E-state index contributed by atoms with van der Waals surface area (Å²) in [7, 11) is 1.95. The molecule has 3 rings (SSSR count). The van der Waals surface area contributed by atoms with E-state index >= 15 is 0 Å². The SMILES string of the molecule is Cc1nn(C)c(C)c1CCNC(=O)N1CCC(Cn2ccnn2)CC1. The summed E-state index contributed by atoms with van der Waals surface area (Å²) < 4.78 is 3.77. The lowest BCUT2D eigenvalue weighted by Gasteiger charge is -2.31. The molecular weight excluding hydrogens is 318 g/mol. The van der Waals surface area contributed by atoms with E-state index in [0.717, 1.165) is 44.6 Å². The molecule has 2 aromatic heterocycles. The Morgan fingerprint density at radius 3 is 2.68 bits per heavy atom. The minimum Gasteiger partial charge on any atom is -0.338 e. The lowest BCUT2D eigenvalue weighted by molar-refractivity contribution is 0.164. The molecule has 8 nitrogen and oxygen atoms in total. The number of nitrogens with one attached hydrogen (secondary N) is 1. The molecule has 0 radical (unpaired) electrons. The monoisotopic (exact) mass is 345 g/mol. The zero-order valence-electron chi connectivity index (χ0n) is 15.3. The van der Waals surface area contributed by atoms with Crippen molar-refractivity contribution in [3.05, 3.63) is 29.3 Å². The third-order valence-electron chi connectivity index (χ3n) is 5.13. The van der Waals surface area contributed by atoms with E-state index in [1.807, 2.05) is 34.4 Å². The van der Waals surface area contributed by atoms with E-state index in [4.69, 9.17) is 0 Å². The second kappa shape index (κ2) is 7.67. The number of nitrogens with zero attached hydrogens (tertiary/aromatic N) is 6. The molecule has 1 aliphatic rings. The molecule has 2 amide bonds. The molecule has 3 heterocycles. The van der Waals surface area contributed by atoms with Crippen LogP contribution in [-0.2, 0) is 20.0 Å². The normalized spacial score (nSPS) is 15.6. The van der Waals surface area contributed by atoms with E-state index < -0.39 is 0 Å². The van der Waals surface area contributed by atoms with Crippen molar-refractivity contribution in [2.75, 3.05) is 19.6 Å². The largest absolute Gasteiger partial charge is 0.338 e. The van der Waals surface area contributed by atoms with Crippen molar-refractivity contribution in [1.29, 1.82) is 0 Å². The number of aromatic nitrogens is 5. The van der Waals surface area contributed by atoms with Crippen LogP contribution in [0.5, 0.6) is 0 Å². The van der Waals surface area contributed by atoms with Crippen LogP contribution >= 0.6 is 0 Å². The van der Waals surface area contributed by atoms with Crippen molar-refractivity contribution in [3.63, 3.8) is 0 Å². The van der Waals surface area contributed by atoms with Gasteiger partial charge in [0.2, 0.25) is 0 Å². The van der Waals surface area contributed by atoms with Crippen LogP contribution in [0.25, 0.3) is 0 Å². The fourth-order valence-electron chi connectivity index (χ4n) is 3.50. The van der Waals surface area contributed by atoms with Crippen LogP contribution < -0.4 is 5.32 Å². The Balaban J connectivity index is 1.40. The zero-order chi connectivity index (χ0) is 17.8. The number of piperidine rings is 1. The third-order valence-corrected chi connectivity index (χ3v) is 5.13. The average Bonchev–Trinajstić information content (AvgIpc) is 3.19. The Morgan fingerprint density at radius 2 is 2.08 bits per heavy atom. The Kier molecular flexibility index (Phi) is 5.35. The molecule has 0 unspecified atom stereocenters. The van der Waals surface area contributed by atoms with Crippen molar-refractivity contribution in [3.8, 4) is 0 Å². The average molecular weight is 345 g/mol. The molecule has 0 aliphatic carbocycles. The van der Waals surface area contributed by atoms with E-state index in [-0.39, 0.29) is 6.03 Å². The lowest BCUT2D eigenvalue weighted by Crippen LogP contribution is -2.45. The summed E-state index contributed by atoms with van der Waals surface area (Å²) in [4.78, 5) is 14.3. The predicted octanol–water partition coefficient (Wildman–Crippen LogP) is 1.29. The highest BCUT2D eigenvalue weighted by Gasteiger charge is 2.23. The van der Waals surface area contributed by atoms with Gasteiger partial charge in [0, 0.05) is 45.1 Å². The molecule has 0 aromatic carbocycles. The fourth-order valence-corrected chi connectivity index (χ4v) is 3.50. The summed E-state index contributed by atoms with van der Waals surface area (Å²) in [6.45, 7) is 7.22. The first kappa shape index (κ1) is 17.4. The molecule has 8 heteroatoms. The van der Waals surface area contributed by atoms with Gasteiger partial charge < -0.3 is 10.2 Å². The number of urea groups is 1. The van der Waals surface area contributed by atoms with Crippen LogP contribution in [0.4, 0.5) is 4.79 Å². The van der Waals surface area contributed by atoms with Gasteiger partial charge >= 0.3 is 6.03 Å². The highest BCUT2D eigenvalue weighted by Crippen LogP contribution is 2.18. The summed E-state index contributed by atoms with van der Waals surface area (Å²) in [5, 5.41) is 15.3. The van der Waals surface area contributed by atoms with Gasteiger partial charge in [-0.25, -0.2) is 4.79 Å². The molecule has 1 fully saturated rings. The highest BCUT2D eigenvalue weighted by molar-refractivity contribution is 5.74. The first-order chi connectivity index (χ1) is 12.0. The number of amides is 2. The Labute approximate surface area is 148 Å². The maximum Gasteiger partial charge on any atom is 0.317 e. The lowest BCUT2D eigenvalue weighted by atomic mass is 9.97. The summed E-state index contributed by atoms with van der Waals surface area (Å²) >= 11 is 0. The quantitative estimate of drug-likeness (QED) is 0.885. The minimum absolute atomic E-state index is 0.0402. The van der Waals surface area contributed by atoms with Gasteiger partial charge in [0.15, 0.2) is 0 Å². The van der Waals surface area contributed by atoms with E-state index in [1.54, 1.807) is 6.20 Å². The third kappa shape index (κ3) is 4.18. The molecule has 0 atom stereocenters. The van der Waals surface area contributed by atoms with Crippen LogP contribution in [0, 0.1) is 19.8 Å². The molecule has 0 saturated carbocycles. The molecule has 1 N–H and O–H groups in total. The van der Waals surface area contributed by atoms with Crippen LogP contribution in [0.1, 0.15) is 29.8 Å². The standard InChI is InChI=1S/C17H27N7O/c1-13-16(14(2)22(3)20-13)4-7-18-17(25)23-9-5-15(6-10-23)12-24-11-8-19-21-24/h8,11,15H,4-7,9-10,12H2,1-3H3,(H,18,25). The van der Waals surface area contributed by atoms with Gasteiger partial charge in [0.25, 0.3) is 0 Å². The number of aryl methyl sites for hydroxylation is 2. The second-order valence-electron chi connectivity index (χ2n) is 6.81. The van der Waals surface area contributed by atoms with Gasteiger partial charge in [-0.3, -0.25) is 9.36 Å². The minimum atomic E-state index is 0.0402. The highest BCUT2D eigenvalue weighted by atomic mass is 16.2. The number of rotatable bonds is 5. The van der Waals surface area contributed by atoms with Gasteiger partial charge in [-0.05, 0) is 44.6 Å². The summed E-state index contributed by atoms with van der Waals surface area (Å²) in [5.41, 5.74) is 3.44. The summed E-state index contributed by atoms with van der Waals surface area (Å²) in [6.07, 6.45) is 6.43. The van der Waals surface area contributed by atoms with Gasteiger partial charge in [-0.1, -0.05) is 5.21 Å². The van der Waals surface area contributed by atoms with Gasteiger partial charge in [-0.15, -0.1) is 5.10 Å². The molecule has 25 heavy (non-hydrogen) atoms. The Bertz CT molecular complexity index is 699. The van der Waals surface area contributed by atoms with Crippen molar-refractivity contribution in [1.82, 2.24) is 35.0 Å². The van der Waals surface area contributed by atoms with E-state index in [2.05, 4.69) is 27.7 Å². The number of hydrogen-bond donors (Lipinski definition) is 1. The van der Waals surface area contributed by atoms with Gasteiger partial charge in [0.1, 0.15) is 0 Å². The molecule has 0 bridgehead atoms. The Hall–Kier alpha value is -2.38. The van der Waals surface area contributed by atoms with Crippen LogP contribution in [0.2, 0.25) is 0 Å². The van der Waals surface area contributed by atoms with Gasteiger partial charge in [-0.2, -0.15) is 5.10 Å². The molecular formula is C17H27N7O. The smallest absolute Gasteiger partial charge is 0.317 e.